The Hall–Kier alpha value is -1.51. The smallest absolute Gasteiger partial charge is 0.410 e. The Bertz CT molecular complexity index is 322. The van der Waals surface area contributed by atoms with E-state index in [1.54, 1.807) is 17.0 Å². The number of para-hydroxylation sites is 1. The van der Waals surface area contributed by atoms with Gasteiger partial charge in [-0.05, 0) is 25.0 Å². The Kier molecular flexibility index (Phi) is 4.83. The summed E-state index contributed by atoms with van der Waals surface area (Å²) in [7, 11) is 0. The molecular weight excluding hydrogens is 202 g/mol. The fourth-order valence-electron chi connectivity index (χ4n) is 1.43. The molecule has 0 fully saturated rings. The average Bonchev–Trinajstić information content (AvgIpc) is 2.26. The summed E-state index contributed by atoms with van der Waals surface area (Å²) in [6.45, 7) is 7.51. The maximum atomic E-state index is 11.8. The highest BCUT2D eigenvalue weighted by Crippen LogP contribution is 2.10. The van der Waals surface area contributed by atoms with Crippen molar-refractivity contribution in [3.63, 3.8) is 0 Å². The second-order valence-electron chi connectivity index (χ2n) is 4.11. The van der Waals surface area contributed by atoms with Crippen LogP contribution in [0.4, 0.5) is 4.79 Å². The van der Waals surface area contributed by atoms with Gasteiger partial charge in [-0.15, -0.1) is 0 Å². The number of hydrogen-bond acceptors (Lipinski definition) is 2. The molecule has 0 atom stereocenters. The zero-order valence-corrected chi connectivity index (χ0v) is 10.1. The topological polar surface area (TPSA) is 29.5 Å². The zero-order valence-electron chi connectivity index (χ0n) is 10.1. The van der Waals surface area contributed by atoms with Gasteiger partial charge in [0.25, 0.3) is 0 Å². The summed E-state index contributed by atoms with van der Waals surface area (Å²) in [4.78, 5) is 13.5. The molecule has 0 aliphatic carbocycles. The van der Waals surface area contributed by atoms with Crippen molar-refractivity contribution >= 4 is 6.09 Å². The Morgan fingerprint density at radius 2 is 1.94 bits per heavy atom. The average molecular weight is 221 g/mol. The highest BCUT2D eigenvalue weighted by Gasteiger charge is 2.14. The summed E-state index contributed by atoms with van der Waals surface area (Å²) >= 11 is 0. The standard InChI is InChI=1S/C13H19NO2/c1-4-14(10-11(2)3)13(15)16-12-8-6-5-7-9-12/h5-9,11H,4,10H2,1-3H3. The molecule has 0 N–H and O–H groups in total. The quantitative estimate of drug-likeness (QED) is 0.781. The zero-order chi connectivity index (χ0) is 12.0. The van der Waals surface area contributed by atoms with Crippen molar-refractivity contribution in [3.05, 3.63) is 30.3 Å². The first-order valence-corrected chi connectivity index (χ1v) is 5.65. The lowest BCUT2D eigenvalue weighted by molar-refractivity contribution is 0.149. The van der Waals surface area contributed by atoms with Gasteiger partial charge in [0.05, 0.1) is 0 Å². The molecule has 0 radical (unpaired) electrons. The van der Waals surface area contributed by atoms with Crippen molar-refractivity contribution in [2.75, 3.05) is 13.1 Å². The van der Waals surface area contributed by atoms with Crippen LogP contribution in [-0.2, 0) is 0 Å². The van der Waals surface area contributed by atoms with E-state index in [2.05, 4.69) is 13.8 Å². The number of amides is 1. The molecule has 3 nitrogen and oxygen atoms in total. The van der Waals surface area contributed by atoms with Crippen LogP contribution in [0, 0.1) is 5.92 Å². The Balaban J connectivity index is 2.56. The molecule has 0 bridgehead atoms. The summed E-state index contributed by atoms with van der Waals surface area (Å²) in [5.74, 6) is 1.04. The fraction of sp³-hybridized carbons (Fsp3) is 0.462. The van der Waals surface area contributed by atoms with Gasteiger partial charge in [-0.25, -0.2) is 4.79 Å². The van der Waals surface area contributed by atoms with E-state index in [1.807, 2.05) is 25.1 Å². The highest BCUT2D eigenvalue weighted by atomic mass is 16.6. The van der Waals surface area contributed by atoms with Crippen LogP contribution < -0.4 is 4.74 Å². The van der Waals surface area contributed by atoms with Crippen LogP contribution >= 0.6 is 0 Å². The Morgan fingerprint density at radius 1 is 1.31 bits per heavy atom. The van der Waals surface area contributed by atoms with E-state index in [9.17, 15) is 4.79 Å². The van der Waals surface area contributed by atoms with Crippen LogP contribution in [0.2, 0.25) is 0 Å². The van der Waals surface area contributed by atoms with Crippen LogP contribution in [0.15, 0.2) is 30.3 Å². The molecule has 1 aromatic carbocycles. The van der Waals surface area contributed by atoms with Crippen LogP contribution in [0.5, 0.6) is 5.75 Å². The molecule has 88 valence electrons. The van der Waals surface area contributed by atoms with Gasteiger partial charge in [0.1, 0.15) is 5.75 Å². The van der Waals surface area contributed by atoms with Gasteiger partial charge in [0.15, 0.2) is 0 Å². The van der Waals surface area contributed by atoms with Crippen LogP contribution in [0.1, 0.15) is 20.8 Å². The largest absolute Gasteiger partial charge is 0.415 e. The number of hydrogen-bond donors (Lipinski definition) is 0. The first kappa shape index (κ1) is 12.6. The van der Waals surface area contributed by atoms with Crippen LogP contribution in [0.3, 0.4) is 0 Å². The fourth-order valence-corrected chi connectivity index (χ4v) is 1.43. The van der Waals surface area contributed by atoms with Crippen molar-refractivity contribution in [1.82, 2.24) is 4.90 Å². The van der Waals surface area contributed by atoms with E-state index in [1.165, 1.54) is 0 Å². The van der Waals surface area contributed by atoms with E-state index in [0.717, 1.165) is 6.54 Å². The molecule has 1 amide bonds. The minimum atomic E-state index is -0.276. The summed E-state index contributed by atoms with van der Waals surface area (Å²) in [6, 6.07) is 9.15. The third-order valence-corrected chi connectivity index (χ3v) is 2.17. The van der Waals surface area contributed by atoms with E-state index in [-0.39, 0.29) is 6.09 Å². The minimum Gasteiger partial charge on any atom is -0.410 e. The molecule has 0 aliphatic heterocycles. The Labute approximate surface area is 97.0 Å². The molecule has 0 spiro atoms. The predicted octanol–water partition coefficient (Wildman–Crippen LogP) is 3.16. The molecule has 1 rings (SSSR count). The number of ether oxygens (including phenoxy) is 1. The Morgan fingerprint density at radius 3 is 2.44 bits per heavy atom. The molecule has 0 aliphatic rings. The molecule has 0 heterocycles. The summed E-state index contributed by atoms with van der Waals surface area (Å²) in [5, 5.41) is 0. The molecule has 0 aromatic heterocycles. The number of rotatable bonds is 4. The van der Waals surface area contributed by atoms with Crippen molar-refractivity contribution < 1.29 is 9.53 Å². The second kappa shape index (κ2) is 6.16. The van der Waals surface area contributed by atoms with Gasteiger partial charge in [0.2, 0.25) is 0 Å². The number of carbonyl (C=O) groups is 1. The van der Waals surface area contributed by atoms with E-state index >= 15 is 0 Å². The number of benzene rings is 1. The molecule has 0 saturated heterocycles. The molecule has 3 heteroatoms. The van der Waals surface area contributed by atoms with Crippen molar-refractivity contribution in [2.24, 2.45) is 5.92 Å². The normalized spacial score (nSPS) is 10.2. The van der Waals surface area contributed by atoms with Gasteiger partial charge < -0.3 is 9.64 Å². The highest BCUT2D eigenvalue weighted by molar-refractivity contribution is 5.70. The first-order chi connectivity index (χ1) is 7.63. The third kappa shape index (κ3) is 3.93. The molecule has 1 aromatic rings. The van der Waals surface area contributed by atoms with E-state index in [0.29, 0.717) is 18.2 Å². The minimum absolute atomic E-state index is 0.276. The molecule has 0 saturated carbocycles. The van der Waals surface area contributed by atoms with E-state index < -0.39 is 0 Å². The maximum absolute atomic E-state index is 11.8. The predicted molar refractivity (Wildman–Crippen MR) is 64.6 cm³/mol. The second-order valence-corrected chi connectivity index (χ2v) is 4.11. The van der Waals surface area contributed by atoms with E-state index in [4.69, 9.17) is 4.74 Å². The van der Waals surface area contributed by atoms with Crippen LogP contribution in [-0.4, -0.2) is 24.1 Å². The first-order valence-electron chi connectivity index (χ1n) is 5.65. The van der Waals surface area contributed by atoms with Crippen molar-refractivity contribution in [3.8, 4) is 5.75 Å². The number of nitrogens with zero attached hydrogens (tertiary/aromatic N) is 1. The monoisotopic (exact) mass is 221 g/mol. The maximum Gasteiger partial charge on any atom is 0.415 e. The lowest BCUT2D eigenvalue weighted by Crippen LogP contribution is -2.36. The third-order valence-electron chi connectivity index (χ3n) is 2.17. The summed E-state index contributed by atoms with van der Waals surface area (Å²) in [5.41, 5.74) is 0. The van der Waals surface area contributed by atoms with Crippen molar-refractivity contribution in [2.45, 2.75) is 20.8 Å². The van der Waals surface area contributed by atoms with Gasteiger partial charge >= 0.3 is 6.09 Å². The number of carbonyl (C=O) groups excluding carboxylic acids is 1. The van der Waals surface area contributed by atoms with Gasteiger partial charge in [-0.2, -0.15) is 0 Å². The van der Waals surface area contributed by atoms with Crippen molar-refractivity contribution in [1.29, 1.82) is 0 Å². The van der Waals surface area contributed by atoms with Gasteiger partial charge in [-0.3, -0.25) is 0 Å². The molecular formula is C13H19NO2. The lowest BCUT2D eigenvalue weighted by atomic mass is 10.2. The van der Waals surface area contributed by atoms with Gasteiger partial charge in [-0.1, -0.05) is 32.0 Å². The van der Waals surface area contributed by atoms with Gasteiger partial charge in [0, 0.05) is 13.1 Å². The molecule has 16 heavy (non-hydrogen) atoms. The summed E-state index contributed by atoms with van der Waals surface area (Å²) < 4.78 is 5.26. The van der Waals surface area contributed by atoms with Crippen LogP contribution in [0.25, 0.3) is 0 Å². The molecule has 0 unspecified atom stereocenters. The SMILES string of the molecule is CCN(CC(C)C)C(=O)Oc1ccccc1. The lowest BCUT2D eigenvalue weighted by Gasteiger charge is -2.21. The summed E-state index contributed by atoms with van der Waals surface area (Å²) in [6.07, 6.45) is -0.276.